The molecule has 1 heterocycles. The highest BCUT2D eigenvalue weighted by molar-refractivity contribution is 7.97. The maximum atomic E-state index is 11.9. The summed E-state index contributed by atoms with van der Waals surface area (Å²) >= 11 is 0. The number of carbonyl (C=O) groups excluding carboxylic acids is 1. The van der Waals surface area contributed by atoms with Crippen LogP contribution in [0.25, 0.3) is 0 Å². The van der Waals surface area contributed by atoms with Gasteiger partial charge in [0.1, 0.15) is 11.5 Å². The van der Waals surface area contributed by atoms with Gasteiger partial charge >= 0.3 is 0 Å². The first-order valence-electron chi connectivity index (χ1n) is 5.39. The van der Waals surface area contributed by atoms with E-state index in [0.717, 1.165) is 24.2 Å². The summed E-state index contributed by atoms with van der Waals surface area (Å²) in [7, 11) is 0.426. The molecule has 0 unspecified atom stereocenters. The van der Waals surface area contributed by atoms with Crippen molar-refractivity contribution in [3.8, 4) is 0 Å². The maximum absolute atomic E-state index is 11.9. The van der Waals surface area contributed by atoms with Crippen molar-refractivity contribution in [3.63, 3.8) is 0 Å². The average Bonchev–Trinajstić information content (AvgIpc) is 2.72. The van der Waals surface area contributed by atoms with E-state index in [1.807, 2.05) is 12.2 Å². The van der Waals surface area contributed by atoms with E-state index < -0.39 is 0 Å². The molecule has 1 aliphatic heterocycles. The van der Waals surface area contributed by atoms with Crippen molar-refractivity contribution < 1.29 is 4.79 Å². The smallest absolute Gasteiger partial charge is 0.207 e. The van der Waals surface area contributed by atoms with Crippen LogP contribution < -0.4 is 0 Å². The number of carbonyl (C=O) groups is 1. The number of ketones is 1. The molecule has 1 saturated heterocycles. The van der Waals surface area contributed by atoms with Crippen molar-refractivity contribution in [2.45, 2.75) is 25.7 Å². The van der Waals surface area contributed by atoms with Crippen LogP contribution in [0.15, 0.2) is 23.8 Å². The molecule has 0 aromatic rings. The molecule has 14 heavy (non-hydrogen) atoms. The second-order valence-electron chi connectivity index (χ2n) is 3.95. The van der Waals surface area contributed by atoms with Gasteiger partial charge in [0.25, 0.3) is 0 Å². The summed E-state index contributed by atoms with van der Waals surface area (Å²) in [5.41, 5.74) is 1.06. The molecule has 0 amide bonds. The molecule has 0 aromatic carbocycles. The van der Waals surface area contributed by atoms with Gasteiger partial charge in [-0.3, -0.25) is 4.79 Å². The van der Waals surface area contributed by atoms with Gasteiger partial charge in [0.15, 0.2) is 5.75 Å². The first-order valence-corrected chi connectivity index (χ1v) is 7.12. The molecule has 76 valence electrons. The summed E-state index contributed by atoms with van der Waals surface area (Å²) in [5.74, 6) is 3.85. The number of hydrogen-bond acceptors (Lipinski definition) is 1. The zero-order valence-electron chi connectivity index (χ0n) is 8.50. The monoisotopic (exact) mass is 209 g/mol. The van der Waals surface area contributed by atoms with Crippen LogP contribution in [0, 0.1) is 0 Å². The van der Waals surface area contributed by atoms with Crippen LogP contribution in [0.4, 0.5) is 0 Å². The largest absolute Gasteiger partial charge is 0.289 e. The summed E-state index contributed by atoms with van der Waals surface area (Å²) < 4.78 is 0. The van der Waals surface area contributed by atoms with Crippen molar-refractivity contribution >= 4 is 16.7 Å². The highest BCUT2D eigenvalue weighted by Crippen LogP contribution is 2.18. The summed E-state index contributed by atoms with van der Waals surface area (Å²) in [6.45, 7) is 0. The molecule has 1 fully saturated rings. The number of allylic oxidation sites excluding steroid dienone is 4. The minimum atomic E-state index is 0.416. The molecule has 2 rings (SSSR count). The number of rotatable bonds is 3. The summed E-state index contributed by atoms with van der Waals surface area (Å²) in [4.78, 5) is 11.9. The Kier molecular flexibility index (Phi) is 3.46. The fourth-order valence-electron chi connectivity index (χ4n) is 1.97. The third-order valence-corrected chi connectivity index (χ3v) is 5.23. The van der Waals surface area contributed by atoms with Gasteiger partial charge in [-0.2, -0.15) is 0 Å². The minimum absolute atomic E-state index is 0.416. The van der Waals surface area contributed by atoms with E-state index in [1.54, 1.807) is 0 Å². The van der Waals surface area contributed by atoms with Gasteiger partial charge in [-0.25, -0.2) is 0 Å². The summed E-state index contributed by atoms with van der Waals surface area (Å²) in [6, 6.07) is 0. The van der Waals surface area contributed by atoms with E-state index in [9.17, 15) is 4.79 Å². The van der Waals surface area contributed by atoms with E-state index in [0.29, 0.717) is 16.7 Å². The van der Waals surface area contributed by atoms with Crippen molar-refractivity contribution in [3.05, 3.63) is 23.8 Å². The lowest BCUT2D eigenvalue weighted by molar-refractivity contribution is -0.113. The zero-order valence-corrected chi connectivity index (χ0v) is 9.31. The highest BCUT2D eigenvalue weighted by Gasteiger charge is 2.28. The molecule has 1 nitrogen and oxygen atoms in total. The lowest BCUT2D eigenvalue weighted by Crippen LogP contribution is -2.19. The minimum Gasteiger partial charge on any atom is -0.289 e. The Morgan fingerprint density at radius 1 is 1.36 bits per heavy atom. The lowest BCUT2D eigenvalue weighted by atomic mass is 10.0. The Morgan fingerprint density at radius 2 is 2.14 bits per heavy atom. The van der Waals surface area contributed by atoms with E-state index in [-0.39, 0.29) is 0 Å². The van der Waals surface area contributed by atoms with E-state index >= 15 is 0 Å². The van der Waals surface area contributed by atoms with Crippen molar-refractivity contribution in [2.24, 2.45) is 0 Å². The molecule has 0 radical (unpaired) electrons. The van der Waals surface area contributed by atoms with Gasteiger partial charge in [-0.05, 0) is 36.6 Å². The Bertz CT molecular complexity index is 272. The van der Waals surface area contributed by atoms with Crippen LogP contribution in [0.3, 0.4) is 0 Å². The molecule has 0 atom stereocenters. The Labute approximate surface area is 88.6 Å². The van der Waals surface area contributed by atoms with Gasteiger partial charge in [-0.1, -0.05) is 18.2 Å². The van der Waals surface area contributed by atoms with Crippen molar-refractivity contribution in [1.29, 1.82) is 0 Å². The fourth-order valence-corrected chi connectivity index (χ4v) is 4.25. The predicted molar refractivity (Wildman–Crippen MR) is 62.7 cm³/mol. The van der Waals surface area contributed by atoms with Gasteiger partial charge in [-0.15, -0.1) is 0 Å². The molecule has 0 spiro atoms. The number of hydrogen-bond donors (Lipinski definition) is 0. The molecular weight excluding hydrogens is 192 g/mol. The standard InChI is InChI=1S/C12H17OS/c13-12(10-14-8-4-5-9-14)11-6-2-1-3-7-11/h1-2,6H,3-5,7-10H2/q+1. The van der Waals surface area contributed by atoms with Gasteiger partial charge in [0, 0.05) is 5.57 Å². The topological polar surface area (TPSA) is 17.1 Å². The third-order valence-electron chi connectivity index (χ3n) is 2.82. The van der Waals surface area contributed by atoms with E-state index in [2.05, 4.69) is 6.08 Å². The quantitative estimate of drug-likeness (QED) is 0.652. The first kappa shape index (κ1) is 10.0. The maximum Gasteiger partial charge on any atom is 0.207 e. The van der Waals surface area contributed by atoms with Crippen LogP contribution in [0.5, 0.6) is 0 Å². The predicted octanol–water partition coefficient (Wildman–Crippen LogP) is 2.24. The van der Waals surface area contributed by atoms with Crippen molar-refractivity contribution in [1.82, 2.24) is 0 Å². The third kappa shape index (κ3) is 2.50. The SMILES string of the molecule is O=C(C[S+]1CCCC1)C1=CC=CCC1. The normalized spacial score (nSPS) is 22.4. The summed E-state index contributed by atoms with van der Waals surface area (Å²) in [6.07, 6.45) is 10.9. The Hall–Kier alpha value is -0.500. The number of Topliss-reactive ketones (excluding diaryl/α,β-unsaturated/α-hetero) is 1. The molecule has 0 saturated carbocycles. The molecule has 0 N–H and O–H groups in total. The van der Waals surface area contributed by atoms with Crippen LogP contribution in [0.1, 0.15) is 25.7 Å². The summed E-state index contributed by atoms with van der Waals surface area (Å²) in [5, 5.41) is 0. The Balaban J connectivity index is 1.88. The average molecular weight is 209 g/mol. The Morgan fingerprint density at radius 3 is 2.79 bits per heavy atom. The van der Waals surface area contributed by atoms with Crippen molar-refractivity contribution in [2.75, 3.05) is 17.3 Å². The fraction of sp³-hybridized carbons (Fsp3) is 0.583. The molecular formula is C12H17OS+. The second kappa shape index (κ2) is 4.83. The molecule has 0 bridgehead atoms. The molecule has 2 heteroatoms. The van der Waals surface area contributed by atoms with Crippen LogP contribution in [-0.2, 0) is 15.7 Å². The van der Waals surface area contributed by atoms with Crippen LogP contribution >= 0.6 is 0 Å². The van der Waals surface area contributed by atoms with Crippen LogP contribution in [0.2, 0.25) is 0 Å². The van der Waals surface area contributed by atoms with E-state index in [1.165, 1.54) is 24.3 Å². The first-order chi connectivity index (χ1) is 6.86. The zero-order chi connectivity index (χ0) is 9.80. The van der Waals surface area contributed by atoms with Gasteiger partial charge in [0.2, 0.25) is 5.78 Å². The molecule has 2 aliphatic rings. The van der Waals surface area contributed by atoms with E-state index in [4.69, 9.17) is 0 Å². The van der Waals surface area contributed by atoms with Gasteiger partial charge < -0.3 is 0 Å². The lowest BCUT2D eigenvalue weighted by Gasteiger charge is -2.06. The van der Waals surface area contributed by atoms with Crippen LogP contribution in [-0.4, -0.2) is 23.0 Å². The van der Waals surface area contributed by atoms with Gasteiger partial charge in [0.05, 0.1) is 0 Å². The molecule has 0 aromatic heterocycles. The molecule has 1 aliphatic carbocycles. The second-order valence-corrected chi connectivity index (χ2v) is 6.28. The highest BCUT2D eigenvalue weighted by atomic mass is 32.2.